The van der Waals surface area contributed by atoms with E-state index < -0.39 is 32.3 Å². The van der Waals surface area contributed by atoms with Gasteiger partial charge in [0.05, 0.1) is 16.1 Å². The molecule has 0 aliphatic heterocycles. The Morgan fingerprint density at radius 1 is 0.759 bits per heavy atom. The SMILES string of the molecule is C.C#C[Si](C)(C)C.CC#C[Si](C)(C)C.CC(/C=C(\I)[Si](C)(C)C)=C(/I)[Si](C)(C)C. The summed E-state index contributed by atoms with van der Waals surface area (Å²) in [5.41, 5.74) is 7.40. The van der Waals surface area contributed by atoms with Gasteiger partial charge in [0.25, 0.3) is 0 Å². The second-order valence-corrected chi connectivity index (χ2v) is 34.9. The summed E-state index contributed by atoms with van der Waals surface area (Å²) >= 11 is 5.07. The molecule has 170 valence electrons. The molecule has 0 radical (unpaired) electrons. The van der Waals surface area contributed by atoms with Crippen molar-refractivity contribution in [1.82, 2.24) is 0 Å². The fourth-order valence-electron chi connectivity index (χ4n) is 1.44. The van der Waals surface area contributed by atoms with Crippen LogP contribution in [-0.2, 0) is 0 Å². The van der Waals surface area contributed by atoms with Gasteiger partial charge in [0, 0.05) is 0 Å². The summed E-state index contributed by atoms with van der Waals surface area (Å²) in [5.74, 6) is 2.92. The van der Waals surface area contributed by atoms with E-state index in [4.69, 9.17) is 6.42 Å². The molecule has 0 aromatic carbocycles. The van der Waals surface area contributed by atoms with Gasteiger partial charge in [-0.05, 0) is 25.8 Å². The fraction of sp³-hybridized carbons (Fsp3) is 0.652. The first-order valence-electron chi connectivity index (χ1n) is 9.74. The van der Waals surface area contributed by atoms with E-state index in [2.05, 4.69) is 154 Å². The number of terminal acetylenes is 1. The average molecular weight is 691 g/mol. The molecule has 0 aliphatic carbocycles. The van der Waals surface area contributed by atoms with Crippen molar-refractivity contribution in [2.75, 3.05) is 0 Å². The maximum atomic E-state index is 5.12. The highest BCUT2D eigenvalue weighted by molar-refractivity contribution is 14.1. The van der Waals surface area contributed by atoms with Crippen LogP contribution in [0.3, 0.4) is 0 Å². The van der Waals surface area contributed by atoms with Crippen molar-refractivity contribution in [3.05, 3.63) is 18.1 Å². The molecule has 0 N–H and O–H groups in total. The molecule has 0 aliphatic rings. The maximum absolute atomic E-state index is 5.12. The molecule has 6 heteroatoms. The Balaban J connectivity index is -0.000000186. The van der Waals surface area contributed by atoms with Gasteiger partial charge < -0.3 is 0 Å². The quantitative estimate of drug-likeness (QED) is 0.120. The van der Waals surface area contributed by atoms with Gasteiger partial charge in [-0.3, -0.25) is 0 Å². The van der Waals surface area contributed by atoms with Gasteiger partial charge in [0.1, 0.15) is 16.1 Å². The van der Waals surface area contributed by atoms with E-state index in [0.29, 0.717) is 0 Å². The smallest absolute Gasteiger partial charge is 0.129 e. The van der Waals surface area contributed by atoms with Crippen LogP contribution in [0.25, 0.3) is 0 Å². The van der Waals surface area contributed by atoms with E-state index >= 15 is 0 Å². The van der Waals surface area contributed by atoms with Gasteiger partial charge in [-0.1, -0.05) is 137 Å². The fourth-order valence-corrected chi connectivity index (χ4v) is 4.71. The van der Waals surface area contributed by atoms with E-state index in [1.807, 2.05) is 6.92 Å². The minimum atomic E-state index is -1.12. The van der Waals surface area contributed by atoms with Gasteiger partial charge in [-0.15, -0.1) is 23.4 Å². The molecule has 0 atom stereocenters. The van der Waals surface area contributed by atoms with Crippen molar-refractivity contribution < 1.29 is 0 Å². The Hall–Kier alpha value is 0.928. The summed E-state index contributed by atoms with van der Waals surface area (Å²) < 4.78 is 3.18. The molecule has 0 fully saturated rings. The molecule has 0 heterocycles. The molecule has 29 heavy (non-hydrogen) atoms. The maximum Gasteiger partial charge on any atom is 0.129 e. The third-order valence-electron chi connectivity index (χ3n) is 3.00. The molecule has 0 aromatic heterocycles. The number of rotatable bonds is 3. The largest absolute Gasteiger partial charge is 0.135 e. The lowest BCUT2D eigenvalue weighted by Crippen LogP contribution is -2.22. The minimum absolute atomic E-state index is 0. The van der Waals surface area contributed by atoms with E-state index in [1.165, 1.54) is 5.57 Å². The molecule has 0 nitrogen and oxygen atoms in total. The predicted octanol–water partition coefficient (Wildman–Crippen LogP) is 9.79. The summed E-state index contributed by atoms with van der Waals surface area (Å²) in [6.07, 6.45) is 7.53. The van der Waals surface area contributed by atoms with Crippen LogP contribution in [0.15, 0.2) is 18.1 Å². The molecule has 0 rings (SSSR count). The van der Waals surface area contributed by atoms with Crippen LogP contribution < -0.4 is 0 Å². The molecule has 0 amide bonds. The Labute approximate surface area is 216 Å². The van der Waals surface area contributed by atoms with Crippen LogP contribution in [-0.4, -0.2) is 32.3 Å². The van der Waals surface area contributed by atoms with Crippen molar-refractivity contribution in [3.63, 3.8) is 0 Å². The molecular formula is C23H48I2Si4. The normalized spacial score (nSPS) is 13.0. The zero-order valence-corrected chi connectivity index (χ0v) is 29.2. The average Bonchev–Trinajstić information content (AvgIpc) is 2.43. The predicted molar refractivity (Wildman–Crippen MR) is 171 cm³/mol. The molecule has 0 spiro atoms. The van der Waals surface area contributed by atoms with Crippen LogP contribution in [0.4, 0.5) is 0 Å². The first-order valence-corrected chi connectivity index (χ1v) is 25.9. The number of hydrogen-bond acceptors (Lipinski definition) is 0. The molecule has 0 aromatic rings. The summed E-state index contributed by atoms with van der Waals surface area (Å²) in [6.45, 7) is 31.8. The standard InChI is InChI=1S/C11H22I2Si2.C6H12Si.C5H10Si.CH4/c1-9(11(13)15(5,6)7)8-10(12)14(2,3)4;1-5-6-7(2,3)4;1-5-6(2,3)4;/h8H,1-7H3;1-4H3;1H,2-4H3;1H4/b10-8+,11-9+;;;. The number of hydrogen-bond donors (Lipinski definition) is 0. The second kappa shape index (κ2) is 15.7. The van der Waals surface area contributed by atoms with Crippen molar-refractivity contribution in [3.8, 4) is 23.4 Å². The number of halogens is 2. The van der Waals surface area contributed by atoms with Crippen LogP contribution in [0.2, 0.25) is 78.6 Å². The van der Waals surface area contributed by atoms with Gasteiger partial charge in [-0.25, -0.2) is 0 Å². The highest BCUT2D eigenvalue weighted by Gasteiger charge is 2.21. The van der Waals surface area contributed by atoms with E-state index in [0.717, 1.165) is 0 Å². The van der Waals surface area contributed by atoms with Gasteiger partial charge in [-0.2, -0.15) is 0 Å². The van der Waals surface area contributed by atoms with Gasteiger partial charge in [0.2, 0.25) is 0 Å². The van der Waals surface area contributed by atoms with E-state index in [9.17, 15) is 0 Å². The van der Waals surface area contributed by atoms with Crippen molar-refractivity contribution in [1.29, 1.82) is 0 Å². The lowest BCUT2D eigenvalue weighted by atomic mass is 10.4. The van der Waals surface area contributed by atoms with Crippen LogP contribution in [0.5, 0.6) is 0 Å². The third-order valence-corrected chi connectivity index (χ3v) is 19.0. The minimum Gasteiger partial charge on any atom is -0.135 e. The highest BCUT2D eigenvalue weighted by Crippen LogP contribution is 2.29. The lowest BCUT2D eigenvalue weighted by molar-refractivity contribution is 1.51. The van der Waals surface area contributed by atoms with Crippen LogP contribution in [0, 0.1) is 23.4 Å². The van der Waals surface area contributed by atoms with Crippen LogP contribution >= 0.6 is 45.2 Å². The summed E-state index contributed by atoms with van der Waals surface area (Å²) in [7, 11) is -4.34. The second-order valence-electron chi connectivity index (χ2n) is 11.0. The molecule has 0 unspecified atom stereocenters. The molecule has 0 bridgehead atoms. The summed E-state index contributed by atoms with van der Waals surface area (Å²) in [4.78, 5) is 0. The van der Waals surface area contributed by atoms with E-state index in [1.54, 1.807) is 6.41 Å². The molecular weight excluding hydrogens is 642 g/mol. The first kappa shape index (κ1) is 37.3. The zero-order valence-electron chi connectivity index (χ0n) is 20.9. The lowest BCUT2D eigenvalue weighted by Gasteiger charge is -2.19. The van der Waals surface area contributed by atoms with Crippen molar-refractivity contribution >= 4 is 77.5 Å². The summed E-state index contributed by atoms with van der Waals surface area (Å²) in [6, 6.07) is 0. The van der Waals surface area contributed by atoms with Crippen molar-refractivity contribution in [2.24, 2.45) is 0 Å². The van der Waals surface area contributed by atoms with Gasteiger partial charge >= 0.3 is 0 Å². The van der Waals surface area contributed by atoms with Crippen molar-refractivity contribution in [2.45, 2.75) is 99.8 Å². The summed E-state index contributed by atoms with van der Waals surface area (Å²) in [5, 5.41) is 0. The Morgan fingerprint density at radius 3 is 1.24 bits per heavy atom. The Morgan fingerprint density at radius 2 is 1.10 bits per heavy atom. The highest BCUT2D eigenvalue weighted by atomic mass is 127. The first-order chi connectivity index (χ1) is 12.1. The zero-order chi connectivity index (χ0) is 23.6. The Kier molecular flexibility index (Phi) is 20.1. The Bertz CT molecular complexity index is 631. The molecule has 0 saturated carbocycles. The van der Waals surface area contributed by atoms with Crippen LogP contribution in [0.1, 0.15) is 21.3 Å². The topological polar surface area (TPSA) is 0 Å². The molecule has 0 saturated heterocycles. The number of allylic oxidation sites excluding steroid dienone is 2. The van der Waals surface area contributed by atoms with Gasteiger partial charge in [0.15, 0.2) is 0 Å². The van der Waals surface area contributed by atoms with E-state index in [-0.39, 0.29) is 7.43 Å². The monoisotopic (exact) mass is 690 g/mol. The third kappa shape index (κ3) is 26.9.